The summed E-state index contributed by atoms with van der Waals surface area (Å²) in [6.07, 6.45) is 6.30. The molecule has 4 heteroatoms. The van der Waals surface area contributed by atoms with Gasteiger partial charge in [-0.1, -0.05) is 32.1 Å². The van der Waals surface area contributed by atoms with Gasteiger partial charge in [-0.3, -0.25) is 4.79 Å². The Morgan fingerprint density at radius 1 is 1.53 bits per heavy atom. The lowest BCUT2D eigenvalue weighted by molar-refractivity contribution is -0.133. The summed E-state index contributed by atoms with van der Waals surface area (Å²) in [4.78, 5) is 14.4. The molecule has 1 N–H and O–H groups in total. The molecule has 0 saturated carbocycles. The van der Waals surface area contributed by atoms with Crippen molar-refractivity contribution in [2.24, 2.45) is 5.41 Å². The molecule has 4 nitrogen and oxygen atoms in total. The summed E-state index contributed by atoms with van der Waals surface area (Å²) in [5.41, 5.74) is 1.33. The molecule has 2 atom stereocenters. The Bertz CT molecular complexity index is 412. The lowest BCUT2D eigenvalue weighted by atomic mass is 9.87. The third-order valence-corrected chi connectivity index (χ3v) is 4.10. The Balaban J connectivity index is 2.10. The minimum atomic E-state index is -0.249. The van der Waals surface area contributed by atoms with Crippen LogP contribution in [0.25, 0.3) is 0 Å². The monoisotopic (exact) mass is 264 g/mol. The zero-order valence-electron chi connectivity index (χ0n) is 12.3. The van der Waals surface area contributed by atoms with Crippen LogP contribution in [0.3, 0.4) is 0 Å². The molecule has 0 aromatic carbocycles. The van der Waals surface area contributed by atoms with Gasteiger partial charge in [-0.05, 0) is 19.5 Å². The number of nitrogens with one attached hydrogen (secondary N) is 1. The van der Waals surface area contributed by atoms with E-state index in [0.29, 0.717) is 19.7 Å². The number of rotatable bonds is 3. The average Bonchev–Trinajstić information content (AvgIpc) is 2.60. The van der Waals surface area contributed by atoms with E-state index in [1.165, 1.54) is 5.57 Å². The maximum Gasteiger partial charge on any atom is 0.242 e. The maximum atomic E-state index is 12.5. The minimum absolute atomic E-state index is 0.0498. The van der Waals surface area contributed by atoms with E-state index < -0.39 is 0 Å². The van der Waals surface area contributed by atoms with Crippen LogP contribution in [0.4, 0.5) is 0 Å². The molecule has 2 aliphatic rings. The fraction of sp³-hybridized carbons (Fsp3) is 0.667. The lowest BCUT2D eigenvalue weighted by Crippen LogP contribution is -2.49. The van der Waals surface area contributed by atoms with Crippen molar-refractivity contribution in [1.29, 1.82) is 0 Å². The molecular weight excluding hydrogens is 240 g/mol. The quantitative estimate of drug-likeness (QED) is 0.836. The predicted molar refractivity (Wildman–Crippen MR) is 75.8 cm³/mol. The van der Waals surface area contributed by atoms with Gasteiger partial charge in [0.2, 0.25) is 5.91 Å². The van der Waals surface area contributed by atoms with E-state index in [0.717, 1.165) is 0 Å². The van der Waals surface area contributed by atoms with Gasteiger partial charge in [0.1, 0.15) is 6.04 Å². The predicted octanol–water partition coefficient (Wildman–Crippen LogP) is 1.34. The molecule has 1 aliphatic heterocycles. The van der Waals surface area contributed by atoms with Crippen molar-refractivity contribution in [1.82, 2.24) is 10.2 Å². The summed E-state index contributed by atoms with van der Waals surface area (Å²) in [5.74, 6) is 0.135. The maximum absolute atomic E-state index is 12.5. The SMILES string of the molecule is CNC1C(=O)N(CC2=CC=CC2(C)C)CCOC1C. The summed E-state index contributed by atoms with van der Waals surface area (Å²) in [5, 5.41) is 3.07. The average molecular weight is 264 g/mol. The zero-order chi connectivity index (χ0) is 14.0. The van der Waals surface area contributed by atoms with Crippen LogP contribution in [0.15, 0.2) is 23.8 Å². The van der Waals surface area contributed by atoms with E-state index in [1.807, 2.05) is 18.9 Å². The van der Waals surface area contributed by atoms with E-state index in [2.05, 4.69) is 37.4 Å². The van der Waals surface area contributed by atoms with E-state index in [-0.39, 0.29) is 23.5 Å². The van der Waals surface area contributed by atoms with Crippen LogP contribution in [0, 0.1) is 5.41 Å². The van der Waals surface area contributed by atoms with Crippen LogP contribution in [-0.2, 0) is 9.53 Å². The molecule has 1 amide bonds. The molecule has 1 aliphatic carbocycles. The minimum Gasteiger partial charge on any atom is -0.374 e. The Labute approximate surface area is 115 Å². The molecule has 0 spiro atoms. The Hall–Kier alpha value is -1.13. The topological polar surface area (TPSA) is 41.6 Å². The second kappa shape index (κ2) is 5.47. The first-order valence-corrected chi connectivity index (χ1v) is 6.92. The summed E-state index contributed by atoms with van der Waals surface area (Å²) < 4.78 is 5.66. The van der Waals surface area contributed by atoms with Gasteiger partial charge in [0, 0.05) is 18.5 Å². The highest BCUT2D eigenvalue weighted by atomic mass is 16.5. The standard InChI is InChI=1S/C15H24N2O2/c1-11-13(16-4)14(18)17(8-9-19-11)10-12-6-5-7-15(12,2)3/h5-7,11,13,16H,8-10H2,1-4H3. The van der Waals surface area contributed by atoms with Crippen LogP contribution in [0.1, 0.15) is 20.8 Å². The third kappa shape index (κ3) is 2.90. The zero-order valence-corrected chi connectivity index (χ0v) is 12.3. The molecule has 106 valence electrons. The molecule has 2 rings (SSSR count). The van der Waals surface area contributed by atoms with Crippen LogP contribution in [0.2, 0.25) is 0 Å². The van der Waals surface area contributed by atoms with Crippen molar-refractivity contribution in [2.45, 2.75) is 32.9 Å². The highest BCUT2D eigenvalue weighted by Gasteiger charge is 2.33. The van der Waals surface area contributed by atoms with Crippen molar-refractivity contribution >= 4 is 5.91 Å². The lowest BCUT2D eigenvalue weighted by Gasteiger charge is -2.29. The normalized spacial score (nSPS) is 30.4. The number of allylic oxidation sites excluding steroid dienone is 3. The van der Waals surface area contributed by atoms with Gasteiger partial charge in [-0.25, -0.2) is 0 Å². The van der Waals surface area contributed by atoms with Crippen molar-refractivity contribution in [3.8, 4) is 0 Å². The number of amides is 1. The van der Waals surface area contributed by atoms with Crippen LogP contribution < -0.4 is 5.32 Å². The number of carbonyl (C=O) groups is 1. The van der Waals surface area contributed by atoms with Gasteiger partial charge in [0.05, 0.1) is 12.7 Å². The largest absolute Gasteiger partial charge is 0.374 e. The van der Waals surface area contributed by atoms with Crippen LogP contribution >= 0.6 is 0 Å². The molecule has 0 aromatic rings. The first kappa shape index (κ1) is 14.3. The highest BCUT2D eigenvalue weighted by Crippen LogP contribution is 2.33. The molecular formula is C15H24N2O2. The van der Waals surface area contributed by atoms with E-state index in [9.17, 15) is 4.79 Å². The fourth-order valence-electron chi connectivity index (χ4n) is 2.66. The summed E-state index contributed by atoms with van der Waals surface area (Å²) in [6, 6.07) is -0.249. The van der Waals surface area contributed by atoms with Gasteiger partial charge in [-0.2, -0.15) is 0 Å². The Kier molecular flexibility index (Phi) is 4.11. The molecule has 0 aromatic heterocycles. The highest BCUT2D eigenvalue weighted by molar-refractivity contribution is 5.83. The summed E-state index contributed by atoms with van der Waals surface area (Å²) in [6.45, 7) is 8.26. The summed E-state index contributed by atoms with van der Waals surface area (Å²) in [7, 11) is 1.81. The molecule has 1 heterocycles. The first-order valence-electron chi connectivity index (χ1n) is 6.92. The van der Waals surface area contributed by atoms with Crippen LogP contribution in [0.5, 0.6) is 0 Å². The molecule has 0 radical (unpaired) electrons. The molecule has 2 unspecified atom stereocenters. The van der Waals surface area contributed by atoms with Gasteiger partial charge in [0.15, 0.2) is 0 Å². The number of ether oxygens (including phenoxy) is 1. The van der Waals surface area contributed by atoms with Crippen molar-refractivity contribution in [3.05, 3.63) is 23.8 Å². The molecule has 19 heavy (non-hydrogen) atoms. The second-order valence-electron chi connectivity index (χ2n) is 5.87. The number of hydrogen-bond acceptors (Lipinski definition) is 3. The fourth-order valence-corrected chi connectivity index (χ4v) is 2.66. The van der Waals surface area contributed by atoms with Crippen molar-refractivity contribution < 1.29 is 9.53 Å². The van der Waals surface area contributed by atoms with Crippen LogP contribution in [-0.4, -0.2) is 49.7 Å². The van der Waals surface area contributed by atoms with Gasteiger partial charge >= 0.3 is 0 Å². The first-order chi connectivity index (χ1) is 8.95. The second-order valence-corrected chi connectivity index (χ2v) is 5.87. The van der Waals surface area contributed by atoms with E-state index in [4.69, 9.17) is 4.74 Å². The van der Waals surface area contributed by atoms with Gasteiger partial charge in [0.25, 0.3) is 0 Å². The van der Waals surface area contributed by atoms with Crippen molar-refractivity contribution in [3.63, 3.8) is 0 Å². The van der Waals surface area contributed by atoms with Gasteiger partial charge in [-0.15, -0.1) is 0 Å². The van der Waals surface area contributed by atoms with Gasteiger partial charge < -0.3 is 15.0 Å². The molecule has 0 bridgehead atoms. The number of hydrogen-bond donors (Lipinski definition) is 1. The smallest absolute Gasteiger partial charge is 0.242 e. The number of likely N-dealkylation sites (N-methyl/N-ethyl adjacent to an activating group) is 1. The molecule has 1 saturated heterocycles. The molecule has 1 fully saturated rings. The Morgan fingerprint density at radius 3 is 2.84 bits per heavy atom. The van der Waals surface area contributed by atoms with E-state index in [1.54, 1.807) is 0 Å². The van der Waals surface area contributed by atoms with E-state index >= 15 is 0 Å². The number of carbonyl (C=O) groups excluding carboxylic acids is 1. The van der Waals surface area contributed by atoms with Crippen molar-refractivity contribution in [2.75, 3.05) is 26.7 Å². The third-order valence-electron chi connectivity index (χ3n) is 4.10. The summed E-state index contributed by atoms with van der Waals surface area (Å²) >= 11 is 0. The Morgan fingerprint density at radius 2 is 2.26 bits per heavy atom. The number of nitrogens with zero attached hydrogens (tertiary/aromatic N) is 1.